The van der Waals surface area contributed by atoms with E-state index >= 15 is 0 Å². The zero-order chi connectivity index (χ0) is 15.4. The molecule has 1 heterocycles. The quantitative estimate of drug-likeness (QED) is 0.920. The minimum absolute atomic E-state index is 0.0288. The van der Waals surface area contributed by atoms with Crippen molar-refractivity contribution in [1.82, 2.24) is 4.90 Å². The highest BCUT2D eigenvalue weighted by atomic mass is 35.5. The first-order chi connectivity index (χ1) is 9.99. The molecule has 1 aromatic carbocycles. The summed E-state index contributed by atoms with van der Waals surface area (Å²) in [6.45, 7) is 1.19. The van der Waals surface area contributed by atoms with Gasteiger partial charge in [0, 0.05) is 18.1 Å². The van der Waals surface area contributed by atoms with Gasteiger partial charge in [-0.3, -0.25) is 4.79 Å². The molecule has 1 fully saturated rings. The molecule has 1 N–H and O–H groups in total. The molecular weight excluding hydrogens is 317 g/mol. The zero-order valence-corrected chi connectivity index (χ0v) is 12.8. The molecule has 0 spiro atoms. The molecular formula is C14H15Cl2NO4. The van der Waals surface area contributed by atoms with Gasteiger partial charge < -0.3 is 14.7 Å². The molecule has 7 heteroatoms. The Kier molecular flexibility index (Phi) is 5.31. The molecule has 2 rings (SSSR count). The van der Waals surface area contributed by atoms with E-state index < -0.39 is 5.97 Å². The van der Waals surface area contributed by atoms with Gasteiger partial charge in [0.15, 0.2) is 12.4 Å². The van der Waals surface area contributed by atoms with Gasteiger partial charge in [-0.1, -0.05) is 23.2 Å². The number of hydrogen-bond acceptors (Lipinski definition) is 3. The van der Waals surface area contributed by atoms with E-state index in [1.807, 2.05) is 0 Å². The molecule has 1 saturated heterocycles. The number of halogens is 2. The van der Waals surface area contributed by atoms with Gasteiger partial charge in [-0.2, -0.15) is 0 Å². The highest BCUT2D eigenvalue weighted by Crippen LogP contribution is 2.32. The topological polar surface area (TPSA) is 66.8 Å². The van der Waals surface area contributed by atoms with Crippen molar-refractivity contribution < 1.29 is 19.4 Å². The minimum Gasteiger partial charge on any atom is -0.481 e. The van der Waals surface area contributed by atoms with Crippen LogP contribution in [0.1, 0.15) is 29.6 Å². The number of ether oxygens (including phenoxy) is 1. The number of amides is 1. The third kappa shape index (κ3) is 4.02. The maximum atomic E-state index is 12.0. The molecule has 1 aliphatic heterocycles. The SMILES string of the molecule is O=C(O)c1cc(Cl)cc(Cl)c1OCC(=O)N1CCCCC1. The molecule has 114 valence electrons. The lowest BCUT2D eigenvalue weighted by Gasteiger charge is -2.26. The summed E-state index contributed by atoms with van der Waals surface area (Å²) in [5.74, 6) is -1.41. The average molecular weight is 332 g/mol. The molecule has 21 heavy (non-hydrogen) atoms. The van der Waals surface area contributed by atoms with Crippen LogP contribution in [0.5, 0.6) is 5.75 Å². The number of hydrogen-bond donors (Lipinski definition) is 1. The summed E-state index contributed by atoms with van der Waals surface area (Å²) >= 11 is 11.7. The smallest absolute Gasteiger partial charge is 0.339 e. The van der Waals surface area contributed by atoms with Crippen LogP contribution >= 0.6 is 23.2 Å². The first-order valence-electron chi connectivity index (χ1n) is 6.62. The monoisotopic (exact) mass is 331 g/mol. The molecule has 1 aromatic rings. The molecule has 0 unspecified atom stereocenters. The Morgan fingerprint density at radius 2 is 1.86 bits per heavy atom. The van der Waals surface area contributed by atoms with Crippen molar-refractivity contribution in [2.24, 2.45) is 0 Å². The molecule has 0 saturated carbocycles. The van der Waals surface area contributed by atoms with Crippen LogP contribution < -0.4 is 4.74 Å². The van der Waals surface area contributed by atoms with Crippen LogP contribution in [-0.4, -0.2) is 41.6 Å². The third-order valence-electron chi connectivity index (χ3n) is 3.29. The maximum Gasteiger partial charge on any atom is 0.339 e. The Hall–Kier alpha value is -1.46. The molecule has 0 bridgehead atoms. The predicted molar refractivity (Wildman–Crippen MR) is 79.3 cm³/mol. The van der Waals surface area contributed by atoms with Crippen LogP contribution in [0.25, 0.3) is 0 Å². The lowest BCUT2D eigenvalue weighted by molar-refractivity contribution is -0.134. The number of benzene rings is 1. The Balaban J connectivity index is 2.08. The van der Waals surface area contributed by atoms with Crippen LogP contribution in [-0.2, 0) is 4.79 Å². The van der Waals surface area contributed by atoms with E-state index in [0.717, 1.165) is 19.3 Å². The van der Waals surface area contributed by atoms with E-state index in [1.54, 1.807) is 4.90 Å². The van der Waals surface area contributed by atoms with Crippen LogP contribution in [0.2, 0.25) is 10.0 Å². The number of carboxylic acids is 1. The van der Waals surface area contributed by atoms with Crippen molar-refractivity contribution in [1.29, 1.82) is 0 Å². The maximum absolute atomic E-state index is 12.0. The number of likely N-dealkylation sites (tertiary alicyclic amines) is 1. The normalized spacial score (nSPS) is 14.9. The summed E-state index contributed by atoms with van der Waals surface area (Å²) in [5.41, 5.74) is -0.154. The van der Waals surface area contributed by atoms with Crippen LogP contribution in [0.15, 0.2) is 12.1 Å². The third-order valence-corrected chi connectivity index (χ3v) is 3.79. The number of nitrogens with zero attached hydrogens (tertiary/aromatic N) is 1. The van der Waals surface area contributed by atoms with E-state index in [1.165, 1.54) is 12.1 Å². The number of carbonyl (C=O) groups is 2. The molecule has 0 radical (unpaired) electrons. The second-order valence-corrected chi connectivity index (χ2v) is 5.64. The fourth-order valence-corrected chi connectivity index (χ4v) is 2.78. The summed E-state index contributed by atoms with van der Waals surface area (Å²) in [5, 5.41) is 9.41. The molecule has 0 aliphatic carbocycles. The number of rotatable bonds is 4. The van der Waals surface area contributed by atoms with E-state index in [4.69, 9.17) is 33.0 Å². The Labute approximate surface area is 132 Å². The predicted octanol–water partition coefficient (Wildman–Crippen LogP) is 3.08. The number of piperidine rings is 1. The van der Waals surface area contributed by atoms with Gasteiger partial charge in [0.1, 0.15) is 5.56 Å². The van der Waals surface area contributed by atoms with Crippen LogP contribution in [0, 0.1) is 0 Å². The van der Waals surface area contributed by atoms with Gasteiger partial charge in [-0.15, -0.1) is 0 Å². The van der Waals surface area contributed by atoms with E-state index in [2.05, 4.69) is 0 Å². The van der Waals surface area contributed by atoms with Crippen LogP contribution in [0.4, 0.5) is 0 Å². The van der Waals surface area contributed by atoms with Gasteiger partial charge in [0.2, 0.25) is 0 Å². The van der Waals surface area contributed by atoms with Gasteiger partial charge in [-0.05, 0) is 31.4 Å². The second kappa shape index (κ2) is 7.00. The second-order valence-electron chi connectivity index (χ2n) is 4.80. The minimum atomic E-state index is -1.21. The van der Waals surface area contributed by atoms with Gasteiger partial charge >= 0.3 is 5.97 Å². The zero-order valence-electron chi connectivity index (χ0n) is 11.3. The van der Waals surface area contributed by atoms with Gasteiger partial charge in [-0.25, -0.2) is 4.79 Å². The molecule has 1 amide bonds. The van der Waals surface area contributed by atoms with E-state index in [9.17, 15) is 9.59 Å². The first kappa shape index (κ1) is 15.9. The first-order valence-corrected chi connectivity index (χ1v) is 7.37. The van der Waals surface area contributed by atoms with Crippen molar-refractivity contribution in [2.75, 3.05) is 19.7 Å². The number of aromatic carboxylic acids is 1. The lowest BCUT2D eigenvalue weighted by Crippen LogP contribution is -2.38. The summed E-state index contributed by atoms with van der Waals surface area (Å²) in [6, 6.07) is 2.63. The van der Waals surface area contributed by atoms with Crippen molar-refractivity contribution in [3.8, 4) is 5.75 Å². The Morgan fingerprint density at radius 3 is 2.48 bits per heavy atom. The number of carboxylic acid groups (broad SMARTS) is 1. The van der Waals surface area contributed by atoms with Crippen molar-refractivity contribution in [3.63, 3.8) is 0 Å². The Bertz CT molecular complexity index is 556. The van der Waals surface area contributed by atoms with Crippen molar-refractivity contribution in [3.05, 3.63) is 27.7 Å². The average Bonchev–Trinajstić information content (AvgIpc) is 2.46. The highest BCUT2D eigenvalue weighted by Gasteiger charge is 2.20. The Morgan fingerprint density at radius 1 is 1.19 bits per heavy atom. The molecule has 0 atom stereocenters. The van der Waals surface area contributed by atoms with Gasteiger partial charge in [0.05, 0.1) is 5.02 Å². The molecule has 5 nitrogen and oxygen atoms in total. The summed E-state index contributed by atoms with van der Waals surface area (Å²) in [4.78, 5) is 24.9. The summed E-state index contributed by atoms with van der Waals surface area (Å²) in [7, 11) is 0. The highest BCUT2D eigenvalue weighted by molar-refractivity contribution is 6.36. The van der Waals surface area contributed by atoms with Crippen molar-refractivity contribution >= 4 is 35.1 Å². The molecule has 1 aliphatic rings. The van der Waals surface area contributed by atoms with Crippen molar-refractivity contribution in [2.45, 2.75) is 19.3 Å². The fraction of sp³-hybridized carbons (Fsp3) is 0.429. The molecule has 0 aromatic heterocycles. The van der Waals surface area contributed by atoms with E-state index in [-0.39, 0.29) is 33.9 Å². The largest absolute Gasteiger partial charge is 0.481 e. The summed E-state index contributed by atoms with van der Waals surface area (Å²) in [6.07, 6.45) is 3.08. The van der Waals surface area contributed by atoms with Gasteiger partial charge in [0.25, 0.3) is 5.91 Å². The number of carbonyl (C=O) groups excluding carboxylic acids is 1. The lowest BCUT2D eigenvalue weighted by atomic mass is 10.1. The van der Waals surface area contributed by atoms with Crippen LogP contribution in [0.3, 0.4) is 0 Å². The van der Waals surface area contributed by atoms with E-state index in [0.29, 0.717) is 13.1 Å². The summed E-state index contributed by atoms with van der Waals surface area (Å²) < 4.78 is 5.34. The standard InChI is InChI=1S/C14H15Cl2NO4/c15-9-6-10(14(19)20)13(11(16)7-9)21-8-12(18)17-4-2-1-3-5-17/h6-7H,1-5,8H2,(H,19,20). The fourth-order valence-electron chi connectivity index (χ4n) is 2.23.